The molecule has 1 atom stereocenters. The van der Waals surface area contributed by atoms with Gasteiger partial charge in [0.15, 0.2) is 24.7 Å². The first-order valence-corrected chi connectivity index (χ1v) is 13.0. The Hall–Kier alpha value is -4.85. The molecule has 40 heavy (non-hydrogen) atoms. The largest absolute Gasteiger partial charge is 0.493 e. The van der Waals surface area contributed by atoms with Crippen LogP contribution in [-0.2, 0) is 16.0 Å². The molecule has 1 heterocycles. The summed E-state index contributed by atoms with van der Waals surface area (Å²) in [6, 6.07) is 27.1. The fourth-order valence-electron chi connectivity index (χ4n) is 4.88. The number of hydrazone groups is 1. The number of aliphatic carboxylic acids is 1. The molecule has 8 heteroatoms. The number of hydrogen-bond donors (Lipinski definition) is 1. The monoisotopic (exact) mass is 538 g/mol. The van der Waals surface area contributed by atoms with E-state index in [9.17, 15) is 9.59 Å². The standard InChI is InChI=1S/C32H30N2O6/c1-21-14-30(40-20-32(36)37)29(38-2)18-27(21)28-17-25(15-22-8-4-3-5-9-22)34(33-28)31(35)19-39-26-13-12-23-10-6-7-11-24(23)16-26/h3-14,16,18,25H,15,17,19-20H2,1-2H3,(H,36,37)/t25-/m1/s1. The zero-order valence-electron chi connectivity index (χ0n) is 22.4. The Morgan fingerprint density at radius 2 is 1.65 bits per heavy atom. The lowest BCUT2D eigenvalue weighted by Crippen LogP contribution is -2.37. The van der Waals surface area contributed by atoms with Crippen molar-refractivity contribution < 1.29 is 28.9 Å². The molecule has 0 bridgehead atoms. The number of carboxylic acids is 1. The fourth-order valence-corrected chi connectivity index (χ4v) is 4.88. The van der Waals surface area contributed by atoms with Crippen molar-refractivity contribution in [3.63, 3.8) is 0 Å². The molecule has 1 amide bonds. The van der Waals surface area contributed by atoms with Crippen molar-refractivity contribution in [3.05, 3.63) is 102 Å². The van der Waals surface area contributed by atoms with E-state index in [1.165, 1.54) is 12.1 Å². The predicted octanol–water partition coefficient (Wildman–Crippen LogP) is 5.25. The maximum atomic E-state index is 13.5. The molecule has 8 nitrogen and oxygen atoms in total. The Labute approximate surface area is 232 Å². The topological polar surface area (TPSA) is 97.7 Å². The van der Waals surface area contributed by atoms with Gasteiger partial charge in [0.2, 0.25) is 0 Å². The normalized spacial score (nSPS) is 14.6. The molecule has 0 unspecified atom stereocenters. The predicted molar refractivity (Wildman–Crippen MR) is 152 cm³/mol. The second kappa shape index (κ2) is 11.9. The summed E-state index contributed by atoms with van der Waals surface area (Å²) < 4.78 is 16.8. The van der Waals surface area contributed by atoms with E-state index in [2.05, 4.69) is 0 Å². The van der Waals surface area contributed by atoms with Crippen molar-refractivity contribution in [2.45, 2.75) is 25.8 Å². The molecular weight excluding hydrogens is 508 g/mol. The lowest BCUT2D eigenvalue weighted by atomic mass is 9.96. The highest BCUT2D eigenvalue weighted by molar-refractivity contribution is 6.04. The van der Waals surface area contributed by atoms with Crippen molar-refractivity contribution in [3.8, 4) is 17.2 Å². The first-order valence-electron chi connectivity index (χ1n) is 13.0. The van der Waals surface area contributed by atoms with Gasteiger partial charge in [-0.3, -0.25) is 4.79 Å². The van der Waals surface area contributed by atoms with E-state index in [4.69, 9.17) is 24.4 Å². The number of carbonyl (C=O) groups is 2. The highest BCUT2D eigenvalue weighted by atomic mass is 16.5. The highest BCUT2D eigenvalue weighted by Crippen LogP contribution is 2.34. The number of aryl methyl sites for hydroxylation is 1. The van der Waals surface area contributed by atoms with Crippen LogP contribution >= 0.6 is 0 Å². The second-order valence-electron chi connectivity index (χ2n) is 9.63. The summed E-state index contributed by atoms with van der Waals surface area (Å²) in [6.07, 6.45) is 1.17. The van der Waals surface area contributed by atoms with Crippen LogP contribution in [0.5, 0.6) is 17.2 Å². The van der Waals surface area contributed by atoms with Gasteiger partial charge in [-0.2, -0.15) is 5.10 Å². The van der Waals surface area contributed by atoms with Gasteiger partial charge in [0.1, 0.15) is 5.75 Å². The Morgan fingerprint density at radius 1 is 0.900 bits per heavy atom. The van der Waals surface area contributed by atoms with Gasteiger partial charge in [0.25, 0.3) is 5.91 Å². The molecule has 1 N–H and O–H groups in total. The molecule has 0 radical (unpaired) electrons. The number of amides is 1. The SMILES string of the molecule is COc1cc(C2=NN(C(=O)COc3ccc4ccccc4c3)[C@H](Cc3ccccc3)C2)c(C)cc1OCC(=O)O. The molecule has 0 saturated carbocycles. The number of ether oxygens (including phenoxy) is 3. The maximum Gasteiger partial charge on any atom is 0.341 e. The average molecular weight is 539 g/mol. The van der Waals surface area contributed by atoms with Gasteiger partial charge < -0.3 is 19.3 Å². The quantitative estimate of drug-likeness (QED) is 0.296. The number of methoxy groups -OCH3 is 1. The number of carbonyl (C=O) groups excluding carboxylic acids is 1. The number of rotatable bonds is 10. The van der Waals surface area contributed by atoms with Crippen LogP contribution in [-0.4, -0.2) is 54.1 Å². The van der Waals surface area contributed by atoms with E-state index in [0.29, 0.717) is 30.1 Å². The highest BCUT2D eigenvalue weighted by Gasteiger charge is 2.33. The van der Waals surface area contributed by atoms with E-state index in [0.717, 1.165) is 33.2 Å². The van der Waals surface area contributed by atoms with Crippen molar-refractivity contribution >= 4 is 28.4 Å². The summed E-state index contributed by atoms with van der Waals surface area (Å²) in [6.45, 7) is 1.27. The molecule has 0 spiro atoms. The van der Waals surface area contributed by atoms with Gasteiger partial charge in [-0.25, -0.2) is 9.80 Å². The van der Waals surface area contributed by atoms with E-state index >= 15 is 0 Å². The molecule has 0 fully saturated rings. The van der Waals surface area contributed by atoms with E-state index in [1.54, 1.807) is 12.1 Å². The molecule has 4 aromatic carbocycles. The van der Waals surface area contributed by atoms with Crippen LogP contribution in [0, 0.1) is 6.92 Å². The van der Waals surface area contributed by atoms with Crippen LogP contribution in [0.1, 0.15) is 23.1 Å². The molecule has 1 aliphatic rings. The number of carboxylic acid groups (broad SMARTS) is 1. The van der Waals surface area contributed by atoms with Crippen molar-refractivity contribution in [1.29, 1.82) is 0 Å². The smallest absolute Gasteiger partial charge is 0.341 e. The summed E-state index contributed by atoms with van der Waals surface area (Å²) in [4.78, 5) is 24.5. The fraction of sp³-hybridized carbons (Fsp3) is 0.219. The van der Waals surface area contributed by atoms with Crippen LogP contribution in [0.2, 0.25) is 0 Å². The Bertz CT molecular complexity index is 1570. The number of hydrogen-bond acceptors (Lipinski definition) is 6. The molecule has 1 aliphatic heterocycles. The van der Waals surface area contributed by atoms with Gasteiger partial charge in [-0.15, -0.1) is 0 Å². The second-order valence-corrected chi connectivity index (χ2v) is 9.63. The Morgan fingerprint density at radius 3 is 2.40 bits per heavy atom. The average Bonchev–Trinajstić information content (AvgIpc) is 3.38. The first-order chi connectivity index (χ1) is 19.4. The van der Waals surface area contributed by atoms with Gasteiger partial charge >= 0.3 is 5.97 Å². The third-order valence-corrected chi connectivity index (χ3v) is 6.83. The molecule has 0 aliphatic carbocycles. The molecule has 204 valence electrons. The van der Waals surface area contributed by atoms with Crippen LogP contribution < -0.4 is 14.2 Å². The van der Waals surface area contributed by atoms with Crippen LogP contribution in [0.4, 0.5) is 0 Å². The minimum absolute atomic E-state index is 0.148. The van der Waals surface area contributed by atoms with Gasteiger partial charge in [-0.05, 0) is 59.5 Å². The van der Waals surface area contributed by atoms with Gasteiger partial charge in [0.05, 0.1) is 18.9 Å². The van der Waals surface area contributed by atoms with Crippen molar-refractivity contribution in [2.75, 3.05) is 20.3 Å². The van der Waals surface area contributed by atoms with Crippen LogP contribution in [0.25, 0.3) is 10.8 Å². The molecule has 0 saturated heterocycles. The minimum Gasteiger partial charge on any atom is -0.493 e. The molecular formula is C32H30N2O6. The maximum absolute atomic E-state index is 13.5. The summed E-state index contributed by atoms with van der Waals surface area (Å²) in [5.74, 6) is 0.0337. The van der Waals surface area contributed by atoms with Crippen molar-refractivity contribution in [2.24, 2.45) is 5.10 Å². The van der Waals surface area contributed by atoms with E-state index < -0.39 is 12.6 Å². The molecule has 0 aromatic heterocycles. The summed E-state index contributed by atoms with van der Waals surface area (Å²) in [7, 11) is 1.50. The molecule has 4 aromatic rings. The number of fused-ring (bicyclic) bond motifs is 1. The molecule has 5 rings (SSSR count). The zero-order valence-corrected chi connectivity index (χ0v) is 22.4. The third kappa shape index (κ3) is 6.07. The Balaban J connectivity index is 1.39. The summed E-state index contributed by atoms with van der Waals surface area (Å²) in [5.41, 5.74) is 3.48. The number of benzene rings is 4. The van der Waals surface area contributed by atoms with E-state index in [1.807, 2.05) is 79.7 Å². The van der Waals surface area contributed by atoms with Gasteiger partial charge in [-0.1, -0.05) is 60.7 Å². The third-order valence-electron chi connectivity index (χ3n) is 6.83. The lowest BCUT2D eigenvalue weighted by molar-refractivity contribution is -0.139. The first kappa shape index (κ1) is 26.7. The van der Waals surface area contributed by atoms with Gasteiger partial charge in [0, 0.05) is 12.0 Å². The lowest BCUT2D eigenvalue weighted by Gasteiger charge is -2.22. The minimum atomic E-state index is -1.08. The Kier molecular flexibility index (Phi) is 7.96. The zero-order chi connectivity index (χ0) is 28.1. The summed E-state index contributed by atoms with van der Waals surface area (Å²) in [5, 5.41) is 17.4. The summed E-state index contributed by atoms with van der Waals surface area (Å²) >= 11 is 0. The number of nitrogens with zero attached hydrogens (tertiary/aromatic N) is 2. The van der Waals surface area contributed by atoms with E-state index in [-0.39, 0.29) is 18.6 Å². The van der Waals surface area contributed by atoms with Crippen LogP contribution in [0.3, 0.4) is 0 Å². The van der Waals surface area contributed by atoms with Crippen LogP contribution in [0.15, 0.2) is 90.0 Å². The van der Waals surface area contributed by atoms with Crippen molar-refractivity contribution in [1.82, 2.24) is 5.01 Å².